The molecular formula is C31H33ClN6O2. The van der Waals surface area contributed by atoms with E-state index in [1.54, 1.807) is 15.7 Å². The van der Waals surface area contributed by atoms with Crippen molar-refractivity contribution in [2.45, 2.75) is 52.6 Å². The Morgan fingerprint density at radius 3 is 2.50 bits per heavy atom. The van der Waals surface area contributed by atoms with Crippen LogP contribution in [-0.4, -0.2) is 55.5 Å². The molecule has 206 valence electrons. The van der Waals surface area contributed by atoms with E-state index in [0.29, 0.717) is 46.3 Å². The van der Waals surface area contributed by atoms with Gasteiger partial charge >= 0.3 is 5.69 Å². The van der Waals surface area contributed by atoms with Gasteiger partial charge in [-0.1, -0.05) is 62.4 Å². The van der Waals surface area contributed by atoms with Crippen LogP contribution in [0.3, 0.4) is 0 Å². The number of pyridine rings is 2. The van der Waals surface area contributed by atoms with Gasteiger partial charge in [0.05, 0.1) is 27.5 Å². The van der Waals surface area contributed by atoms with Crippen molar-refractivity contribution < 1.29 is 4.79 Å². The molecule has 1 fully saturated rings. The molecule has 0 aliphatic carbocycles. The topological polar surface area (TPSA) is 84.2 Å². The molecule has 0 bridgehead atoms. The molecule has 1 saturated heterocycles. The van der Waals surface area contributed by atoms with Crippen molar-refractivity contribution in [3.8, 4) is 16.9 Å². The van der Waals surface area contributed by atoms with Crippen molar-refractivity contribution in [1.82, 2.24) is 24.4 Å². The highest BCUT2D eigenvalue weighted by molar-refractivity contribution is 6.33. The van der Waals surface area contributed by atoms with Crippen LogP contribution in [0.4, 0.5) is 5.82 Å². The lowest BCUT2D eigenvalue weighted by Crippen LogP contribution is -2.58. The first-order valence-electron chi connectivity index (χ1n) is 13.5. The number of aromatic nitrogens is 4. The number of piperazine rings is 1. The number of hydrogen-bond acceptors (Lipinski definition) is 6. The predicted molar refractivity (Wildman–Crippen MR) is 160 cm³/mol. The van der Waals surface area contributed by atoms with Gasteiger partial charge in [-0.2, -0.15) is 4.98 Å². The Labute approximate surface area is 239 Å². The third kappa shape index (κ3) is 4.77. The maximum absolute atomic E-state index is 14.0. The fraction of sp³-hybridized carbons (Fsp3) is 0.323. The van der Waals surface area contributed by atoms with Crippen LogP contribution < -0.4 is 10.6 Å². The summed E-state index contributed by atoms with van der Waals surface area (Å²) in [7, 11) is 0. The first-order valence-corrected chi connectivity index (χ1v) is 13.8. The zero-order valence-corrected chi connectivity index (χ0v) is 24.2. The summed E-state index contributed by atoms with van der Waals surface area (Å²) < 4.78 is 1.57. The number of halogens is 1. The summed E-state index contributed by atoms with van der Waals surface area (Å²) in [5.41, 5.74) is 3.80. The van der Waals surface area contributed by atoms with E-state index < -0.39 is 5.69 Å². The van der Waals surface area contributed by atoms with Crippen LogP contribution in [0.1, 0.15) is 44.9 Å². The summed E-state index contributed by atoms with van der Waals surface area (Å²) in [6.07, 6.45) is 3.10. The Kier molecular flexibility index (Phi) is 7.47. The maximum Gasteiger partial charge on any atom is 0.355 e. The molecule has 0 spiro atoms. The molecule has 1 amide bonds. The maximum atomic E-state index is 14.0. The minimum atomic E-state index is -0.446. The Bertz CT molecular complexity index is 1670. The molecule has 2 unspecified atom stereocenters. The molecule has 0 N–H and O–H groups in total. The van der Waals surface area contributed by atoms with Gasteiger partial charge < -0.3 is 9.80 Å². The zero-order valence-electron chi connectivity index (χ0n) is 23.4. The van der Waals surface area contributed by atoms with E-state index in [9.17, 15) is 9.59 Å². The van der Waals surface area contributed by atoms with E-state index in [1.807, 2.05) is 77.1 Å². The molecule has 9 heteroatoms. The van der Waals surface area contributed by atoms with E-state index in [2.05, 4.69) is 21.4 Å². The van der Waals surface area contributed by atoms with E-state index in [1.165, 1.54) is 6.08 Å². The van der Waals surface area contributed by atoms with Crippen LogP contribution in [0, 0.1) is 6.92 Å². The number of fused-ring (bicyclic) bond motifs is 1. The summed E-state index contributed by atoms with van der Waals surface area (Å²) in [6.45, 7) is 14.7. The van der Waals surface area contributed by atoms with Crippen molar-refractivity contribution in [3.63, 3.8) is 0 Å². The normalized spacial score (nSPS) is 17.5. The van der Waals surface area contributed by atoms with Crippen LogP contribution in [0.15, 0.2) is 66.1 Å². The molecule has 1 aliphatic heterocycles. The summed E-state index contributed by atoms with van der Waals surface area (Å²) >= 11 is 6.88. The second-order valence-electron chi connectivity index (χ2n) is 10.7. The van der Waals surface area contributed by atoms with Crippen LogP contribution >= 0.6 is 11.6 Å². The van der Waals surface area contributed by atoms with Gasteiger partial charge in [0.2, 0.25) is 5.91 Å². The number of benzene rings is 1. The number of hydrogen-bond donors (Lipinski definition) is 0. The molecule has 3 aromatic heterocycles. The third-order valence-electron chi connectivity index (χ3n) is 7.49. The SMILES string of the molecule is C=CC(=O)N1CC(C)N(c2nc(=O)n(-c3c(C)ccnc3C(C)C)c3nc(-c4ccccc4)c(Cl)cc23)CC1C. The highest BCUT2D eigenvalue weighted by Gasteiger charge is 2.34. The zero-order chi connectivity index (χ0) is 28.7. The summed E-state index contributed by atoms with van der Waals surface area (Å²) in [4.78, 5) is 44.7. The van der Waals surface area contributed by atoms with Gasteiger partial charge in [0.1, 0.15) is 5.82 Å². The summed E-state index contributed by atoms with van der Waals surface area (Å²) in [5, 5.41) is 1.12. The predicted octanol–water partition coefficient (Wildman–Crippen LogP) is 5.54. The van der Waals surface area contributed by atoms with Gasteiger partial charge in [-0.25, -0.2) is 14.3 Å². The highest BCUT2D eigenvalue weighted by Crippen LogP contribution is 2.35. The van der Waals surface area contributed by atoms with Gasteiger partial charge in [0.15, 0.2) is 5.65 Å². The first kappa shape index (κ1) is 27.5. The lowest BCUT2D eigenvalue weighted by atomic mass is 10.0. The lowest BCUT2D eigenvalue weighted by molar-refractivity contribution is -0.128. The Morgan fingerprint density at radius 2 is 1.82 bits per heavy atom. The Balaban J connectivity index is 1.81. The van der Waals surface area contributed by atoms with Crippen LogP contribution in [0.2, 0.25) is 5.02 Å². The van der Waals surface area contributed by atoms with Gasteiger partial charge in [-0.15, -0.1) is 0 Å². The molecule has 40 heavy (non-hydrogen) atoms. The molecule has 0 saturated carbocycles. The summed E-state index contributed by atoms with van der Waals surface area (Å²) in [5.74, 6) is 0.453. The smallest absolute Gasteiger partial charge is 0.349 e. The second kappa shape index (κ2) is 10.8. The fourth-order valence-corrected chi connectivity index (χ4v) is 5.72. The number of rotatable bonds is 5. The van der Waals surface area contributed by atoms with Gasteiger partial charge in [-0.05, 0) is 50.5 Å². The lowest BCUT2D eigenvalue weighted by Gasteiger charge is -2.44. The highest BCUT2D eigenvalue weighted by atomic mass is 35.5. The monoisotopic (exact) mass is 556 g/mol. The average Bonchev–Trinajstić information content (AvgIpc) is 2.94. The molecule has 4 aromatic rings. The van der Waals surface area contributed by atoms with Crippen molar-refractivity contribution in [2.24, 2.45) is 0 Å². The number of carbonyl (C=O) groups is 1. The van der Waals surface area contributed by atoms with Crippen molar-refractivity contribution in [1.29, 1.82) is 0 Å². The number of nitrogens with zero attached hydrogens (tertiary/aromatic N) is 6. The molecule has 2 atom stereocenters. The summed E-state index contributed by atoms with van der Waals surface area (Å²) in [6, 6.07) is 13.2. The van der Waals surface area contributed by atoms with E-state index >= 15 is 0 Å². The Hall–Kier alpha value is -4.04. The molecule has 8 nitrogen and oxygen atoms in total. The number of aryl methyl sites for hydroxylation is 1. The van der Waals surface area contributed by atoms with Crippen molar-refractivity contribution in [2.75, 3.05) is 18.0 Å². The number of carbonyl (C=O) groups excluding carboxylic acids is 1. The van der Waals surface area contributed by atoms with Crippen LogP contribution in [-0.2, 0) is 4.79 Å². The molecule has 1 aliphatic rings. The van der Waals surface area contributed by atoms with Gasteiger partial charge in [0.25, 0.3) is 0 Å². The van der Waals surface area contributed by atoms with Crippen LogP contribution in [0.5, 0.6) is 0 Å². The van der Waals surface area contributed by atoms with Gasteiger partial charge in [-0.3, -0.25) is 9.78 Å². The average molecular weight is 557 g/mol. The quantitative estimate of drug-likeness (QED) is 0.300. The van der Waals surface area contributed by atoms with Gasteiger partial charge in [0, 0.05) is 36.9 Å². The minimum absolute atomic E-state index is 0.0637. The van der Waals surface area contributed by atoms with E-state index in [-0.39, 0.29) is 23.9 Å². The van der Waals surface area contributed by atoms with E-state index in [4.69, 9.17) is 16.6 Å². The van der Waals surface area contributed by atoms with Crippen molar-refractivity contribution >= 4 is 34.4 Å². The molecule has 0 radical (unpaired) electrons. The first-order chi connectivity index (χ1) is 19.1. The fourth-order valence-electron chi connectivity index (χ4n) is 5.46. The molecular weight excluding hydrogens is 524 g/mol. The standard InChI is InChI=1S/C31H33ClN6O2/c1-7-25(39)36-16-21(6)37(17-20(36)5)29-23-15-24(32)27(22-11-9-8-10-12-22)34-30(23)38(31(40)35-29)28-19(4)13-14-33-26(28)18(2)3/h7-15,18,20-21H,1,16-17H2,2-6H3. The second-order valence-corrected chi connectivity index (χ2v) is 11.1. The molecule has 4 heterocycles. The van der Waals surface area contributed by atoms with Crippen LogP contribution in [0.25, 0.3) is 28.0 Å². The Morgan fingerprint density at radius 1 is 1.10 bits per heavy atom. The van der Waals surface area contributed by atoms with E-state index in [0.717, 1.165) is 16.8 Å². The molecule has 1 aromatic carbocycles. The minimum Gasteiger partial charge on any atom is -0.349 e. The third-order valence-corrected chi connectivity index (χ3v) is 7.78. The van der Waals surface area contributed by atoms with Crippen molar-refractivity contribution in [3.05, 3.63) is 88.1 Å². The number of amides is 1. The molecule has 5 rings (SSSR count). The number of anilines is 1. The largest absolute Gasteiger partial charge is 0.355 e.